The third kappa shape index (κ3) is 5.51. The Labute approximate surface area is 242 Å². The number of imidazole rings is 2. The van der Waals surface area contributed by atoms with E-state index in [1.54, 1.807) is 6.33 Å². The average Bonchev–Trinajstić information content (AvgIpc) is 3.78. The molecule has 1 fully saturated rings. The van der Waals surface area contributed by atoms with Crippen LogP contribution in [0.5, 0.6) is 0 Å². The van der Waals surface area contributed by atoms with Crippen molar-refractivity contribution in [3.63, 3.8) is 0 Å². The Bertz CT molecular complexity index is 1680. The molecule has 0 aliphatic carbocycles. The number of fused-ring (bicyclic) bond motifs is 2. The summed E-state index contributed by atoms with van der Waals surface area (Å²) in [5, 5.41) is 6.08. The summed E-state index contributed by atoms with van der Waals surface area (Å²) in [5.41, 5.74) is 8.86. The molecule has 6 heteroatoms. The number of aromatic nitrogens is 4. The van der Waals surface area contributed by atoms with E-state index in [4.69, 9.17) is 4.98 Å². The van der Waals surface area contributed by atoms with Gasteiger partial charge in [0.1, 0.15) is 5.82 Å². The van der Waals surface area contributed by atoms with Gasteiger partial charge in [-0.05, 0) is 71.8 Å². The smallest absolute Gasteiger partial charge is 0.130 e. The first kappa shape index (κ1) is 26.9. The normalized spacial score (nSPS) is 16.0. The number of allylic oxidation sites excluding steroid dienone is 1. The monoisotopic (exact) mass is 544 g/mol. The quantitative estimate of drug-likeness (QED) is 0.156. The Hall–Kier alpha value is -4.32. The molecule has 1 saturated heterocycles. The summed E-state index contributed by atoms with van der Waals surface area (Å²) in [6.07, 6.45) is 10.1. The number of nitrogens with one attached hydrogen (secondary N) is 3. The molecule has 0 saturated carbocycles. The molecule has 2 aromatic heterocycles. The van der Waals surface area contributed by atoms with Crippen LogP contribution in [0.4, 0.5) is 0 Å². The Morgan fingerprint density at radius 1 is 1.02 bits per heavy atom. The van der Waals surface area contributed by atoms with Crippen molar-refractivity contribution in [2.45, 2.75) is 64.5 Å². The van der Waals surface area contributed by atoms with E-state index in [0.29, 0.717) is 0 Å². The third-order valence-electron chi connectivity index (χ3n) is 8.47. The van der Waals surface area contributed by atoms with Crippen LogP contribution < -0.4 is 5.32 Å². The van der Waals surface area contributed by atoms with Gasteiger partial charge >= 0.3 is 0 Å². The minimum Gasteiger partial charge on any atom is -0.381 e. The van der Waals surface area contributed by atoms with Gasteiger partial charge in [-0.15, -0.1) is 0 Å². The van der Waals surface area contributed by atoms with Gasteiger partial charge in [0.2, 0.25) is 0 Å². The molecule has 0 unspecified atom stereocenters. The van der Waals surface area contributed by atoms with Gasteiger partial charge in [-0.2, -0.15) is 0 Å². The van der Waals surface area contributed by atoms with Crippen LogP contribution in [-0.4, -0.2) is 37.4 Å². The molecule has 5 aromatic rings. The SMILES string of the molecule is C=C(CC)N[C@@H](CCCC)C(=C)N1CCC[C@H]1c1nc2ccc(-c3ccc4cc(-c5cnc[nH]5)ccc4c3)cc2[nH]1. The molecule has 3 N–H and O–H groups in total. The fourth-order valence-corrected chi connectivity index (χ4v) is 6.05. The zero-order valence-corrected chi connectivity index (χ0v) is 24.2. The molecule has 1 aliphatic rings. The summed E-state index contributed by atoms with van der Waals surface area (Å²) in [4.78, 5) is 18.6. The van der Waals surface area contributed by atoms with E-state index in [1.165, 1.54) is 34.7 Å². The van der Waals surface area contributed by atoms with Crippen LogP contribution in [0, 0.1) is 0 Å². The second-order valence-corrected chi connectivity index (χ2v) is 11.2. The van der Waals surface area contributed by atoms with Crippen LogP contribution in [-0.2, 0) is 0 Å². The summed E-state index contributed by atoms with van der Waals surface area (Å²) in [5.74, 6) is 1.03. The van der Waals surface area contributed by atoms with Gasteiger partial charge in [-0.25, -0.2) is 9.97 Å². The van der Waals surface area contributed by atoms with E-state index in [2.05, 4.69) is 107 Å². The molecule has 3 heterocycles. The van der Waals surface area contributed by atoms with Crippen LogP contribution in [0.3, 0.4) is 0 Å². The fraction of sp³-hybridized carbons (Fsp3) is 0.314. The van der Waals surface area contributed by atoms with E-state index in [-0.39, 0.29) is 12.1 Å². The highest BCUT2D eigenvalue weighted by Gasteiger charge is 2.32. The fourth-order valence-electron chi connectivity index (χ4n) is 6.05. The van der Waals surface area contributed by atoms with Gasteiger partial charge in [-0.1, -0.05) is 70.2 Å². The number of hydrogen-bond acceptors (Lipinski definition) is 4. The van der Waals surface area contributed by atoms with E-state index in [1.807, 2.05) is 6.20 Å². The molecule has 41 heavy (non-hydrogen) atoms. The minimum absolute atomic E-state index is 0.211. The maximum atomic E-state index is 5.06. The molecule has 0 radical (unpaired) electrons. The van der Waals surface area contributed by atoms with Gasteiger partial charge in [0, 0.05) is 23.5 Å². The van der Waals surface area contributed by atoms with E-state index in [0.717, 1.165) is 71.7 Å². The maximum absolute atomic E-state index is 5.06. The average molecular weight is 545 g/mol. The topological polar surface area (TPSA) is 72.6 Å². The van der Waals surface area contributed by atoms with Crippen molar-refractivity contribution < 1.29 is 0 Å². The largest absolute Gasteiger partial charge is 0.381 e. The predicted molar refractivity (Wildman–Crippen MR) is 170 cm³/mol. The second kappa shape index (κ2) is 11.7. The van der Waals surface area contributed by atoms with Gasteiger partial charge in [-0.3, -0.25) is 0 Å². The van der Waals surface area contributed by atoms with Crippen molar-refractivity contribution >= 4 is 21.8 Å². The van der Waals surface area contributed by atoms with Crippen LogP contribution >= 0.6 is 0 Å². The van der Waals surface area contributed by atoms with E-state index >= 15 is 0 Å². The first-order chi connectivity index (χ1) is 20.0. The molecule has 0 spiro atoms. The molecule has 210 valence electrons. The first-order valence-electron chi connectivity index (χ1n) is 15.0. The number of hydrogen-bond donors (Lipinski definition) is 3. The molecular formula is C35H40N6. The number of nitrogens with zero attached hydrogens (tertiary/aromatic N) is 3. The maximum Gasteiger partial charge on any atom is 0.130 e. The Morgan fingerprint density at radius 3 is 2.54 bits per heavy atom. The summed E-state index contributed by atoms with van der Waals surface area (Å²) >= 11 is 0. The van der Waals surface area contributed by atoms with Crippen molar-refractivity contribution in [2.24, 2.45) is 0 Å². The molecule has 2 atom stereocenters. The van der Waals surface area contributed by atoms with Crippen LogP contribution in [0.25, 0.3) is 44.2 Å². The van der Waals surface area contributed by atoms with Gasteiger partial charge in [0.15, 0.2) is 0 Å². The van der Waals surface area contributed by atoms with Crippen LogP contribution in [0.1, 0.15) is 64.2 Å². The molecule has 0 amide bonds. The molecule has 0 bridgehead atoms. The molecular weight excluding hydrogens is 504 g/mol. The molecule has 6 nitrogen and oxygen atoms in total. The van der Waals surface area contributed by atoms with E-state index < -0.39 is 0 Å². The van der Waals surface area contributed by atoms with Crippen LogP contribution in [0.2, 0.25) is 0 Å². The Morgan fingerprint density at radius 2 is 1.78 bits per heavy atom. The standard InChI is InChI=1S/C35H40N6/c1-5-7-9-30(38-23(3)6-2)24(4)41-17-8-10-34(41)35-39-31-16-15-28(20-32(31)40-35)26-11-12-27-19-29(14-13-25(27)18-26)33-21-36-22-37-33/h11-16,18-22,30,34,38H,3-10,17H2,1-2H3,(H,36,37)(H,39,40)/t30-,34-/m0/s1. The predicted octanol–water partition coefficient (Wildman–Crippen LogP) is 8.50. The lowest BCUT2D eigenvalue weighted by Gasteiger charge is -2.33. The van der Waals surface area contributed by atoms with Gasteiger partial charge < -0.3 is 20.2 Å². The minimum atomic E-state index is 0.211. The van der Waals surface area contributed by atoms with Crippen molar-refractivity contribution in [3.8, 4) is 22.4 Å². The Kier molecular flexibility index (Phi) is 7.64. The first-order valence-corrected chi connectivity index (χ1v) is 15.0. The number of rotatable bonds is 11. The second-order valence-electron chi connectivity index (χ2n) is 11.2. The highest BCUT2D eigenvalue weighted by molar-refractivity contribution is 5.91. The highest BCUT2D eigenvalue weighted by atomic mass is 15.2. The van der Waals surface area contributed by atoms with Crippen LogP contribution in [0.15, 0.2) is 91.7 Å². The van der Waals surface area contributed by atoms with Crippen molar-refractivity contribution in [1.82, 2.24) is 30.2 Å². The molecule has 3 aromatic carbocycles. The molecule has 6 rings (SSSR count). The lowest BCUT2D eigenvalue weighted by molar-refractivity contribution is 0.284. The Balaban J connectivity index is 1.25. The number of H-pyrrole nitrogens is 2. The van der Waals surface area contributed by atoms with E-state index in [9.17, 15) is 0 Å². The van der Waals surface area contributed by atoms with Gasteiger partial charge in [0.05, 0.1) is 41.3 Å². The number of benzene rings is 3. The zero-order chi connectivity index (χ0) is 28.3. The number of unbranched alkanes of at least 4 members (excludes halogenated alkanes) is 1. The molecule has 1 aliphatic heterocycles. The lowest BCUT2D eigenvalue weighted by Crippen LogP contribution is -2.38. The summed E-state index contributed by atoms with van der Waals surface area (Å²) in [6, 6.07) is 20.2. The number of likely N-dealkylation sites (tertiary alicyclic amines) is 1. The zero-order valence-electron chi connectivity index (χ0n) is 24.2. The summed E-state index contributed by atoms with van der Waals surface area (Å²) in [7, 11) is 0. The van der Waals surface area contributed by atoms with Gasteiger partial charge in [0.25, 0.3) is 0 Å². The van der Waals surface area contributed by atoms with Crippen molar-refractivity contribution in [3.05, 3.63) is 97.5 Å². The highest BCUT2D eigenvalue weighted by Crippen LogP contribution is 2.36. The lowest BCUT2D eigenvalue weighted by atomic mass is 9.99. The summed E-state index contributed by atoms with van der Waals surface area (Å²) in [6.45, 7) is 14.2. The third-order valence-corrected chi connectivity index (χ3v) is 8.47. The van der Waals surface area contributed by atoms with Crippen molar-refractivity contribution in [1.29, 1.82) is 0 Å². The van der Waals surface area contributed by atoms with Crippen molar-refractivity contribution in [2.75, 3.05) is 6.54 Å². The summed E-state index contributed by atoms with van der Waals surface area (Å²) < 4.78 is 0. The number of aromatic amines is 2.